The fourth-order valence-electron chi connectivity index (χ4n) is 2.18. The first-order chi connectivity index (χ1) is 9.42. The maximum atomic E-state index is 5.47. The van der Waals surface area contributed by atoms with Gasteiger partial charge in [-0.1, -0.05) is 24.3 Å². The Morgan fingerprint density at radius 1 is 0.789 bits per heavy atom. The van der Waals surface area contributed by atoms with Gasteiger partial charge in [-0.15, -0.1) is 0 Å². The molecule has 0 saturated heterocycles. The molecule has 0 unspecified atom stereocenters. The highest BCUT2D eigenvalue weighted by Crippen LogP contribution is 2.41. The summed E-state index contributed by atoms with van der Waals surface area (Å²) in [4.78, 5) is 10.6. The lowest BCUT2D eigenvalue weighted by atomic mass is 10.1. The van der Waals surface area contributed by atoms with Crippen LogP contribution in [0.2, 0.25) is 0 Å². The van der Waals surface area contributed by atoms with Crippen LogP contribution < -0.4 is 14.4 Å². The Kier molecular flexibility index (Phi) is 2.14. The molecule has 0 atom stereocenters. The van der Waals surface area contributed by atoms with E-state index in [9.17, 15) is 0 Å². The van der Waals surface area contributed by atoms with Gasteiger partial charge in [0.05, 0.1) is 5.56 Å². The van der Waals surface area contributed by atoms with E-state index >= 15 is 0 Å². The minimum atomic E-state index is 0.233. The van der Waals surface area contributed by atoms with Gasteiger partial charge in [0.1, 0.15) is 0 Å². The molecule has 0 bridgehead atoms. The number of benzene rings is 2. The van der Waals surface area contributed by atoms with E-state index in [-0.39, 0.29) is 6.79 Å². The highest BCUT2D eigenvalue weighted by atomic mass is 17.2. The van der Waals surface area contributed by atoms with Crippen molar-refractivity contribution in [3.63, 3.8) is 0 Å². The van der Waals surface area contributed by atoms with Crippen LogP contribution in [-0.4, -0.2) is 6.79 Å². The van der Waals surface area contributed by atoms with Crippen LogP contribution in [0.3, 0.4) is 0 Å². The van der Waals surface area contributed by atoms with E-state index in [2.05, 4.69) is 0 Å². The van der Waals surface area contributed by atoms with Crippen molar-refractivity contribution in [1.82, 2.24) is 0 Å². The van der Waals surface area contributed by atoms with Crippen LogP contribution in [0.25, 0.3) is 11.8 Å². The smallest absolute Gasteiger partial charge is 0.231 e. The summed E-state index contributed by atoms with van der Waals surface area (Å²) in [6, 6.07) is 13.4. The van der Waals surface area contributed by atoms with Crippen LogP contribution >= 0.6 is 0 Å². The van der Waals surface area contributed by atoms with Crippen LogP contribution in [0.5, 0.6) is 17.2 Å². The van der Waals surface area contributed by atoms with Gasteiger partial charge in [0.25, 0.3) is 0 Å². The van der Waals surface area contributed by atoms with Crippen LogP contribution in [-0.2, 0) is 4.89 Å². The molecule has 0 fully saturated rings. The molecular formula is C15H10O4. The second kappa shape index (κ2) is 3.95. The summed E-state index contributed by atoms with van der Waals surface area (Å²) in [5.41, 5.74) is 1.80. The molecule has 0 N–H and O–H groups in total. The van der Waals surface area contributed by atoms with Crippen molar-refractivity contribution in [2.75, 3.05) is 6.79 Å². The zero-order valence-electron chi connectivity index (χ0n) is 9.96. The maximum Gasteiger partial charge on any atom is 0.231 e. The molecule has 0 aromatic heterocycles. The summed E-state index contributed by atoms with van der Waals surface area (Å²) < 4.78 is 10.8. The van der Waals surface area contributed by atoms with Crippen molar-refractivity contribution < 1.29 is 19.2 Å². The minimum Gasteiger partial charge on any atom is -0.454 e. The molecule has 4 rings (SSSR count). The number of hydrogen-bond donors (Lipinski definition) is 0. The molecule has 19 heavy (non-hydrogen) atoms. The number of para-hydroxylation sites is 2. The first-order valence-corrected chi connectivity index (χ1v) is 5.96. The lowest BCUT2D eigenvalue weighted by Gasteiger charge is -2.17. The Morgan fingerprint density at radius 3 is 2.68 bits per heavy atom. The normalized spacial score (nSPS) is 15.1. The van der Waals surface area contributed by atoms with Crippen molar-refractivity contribution in [3.8, 4) is 17.2 Å². The fourth-order valence-corrected chi connectivity index (χ4v) is 2.18. The quantitative estimate of drug-likeness (QED) is 0.732. The lowest BCUT2D eigenvalue weighted by molar-refractivity contribution is -0.134. The Bertz CT molecular complexity index is 676. The number of rotatable bonds is 1. The van der Waals surface area contributed by atoms with Crippen LogP contribution in [0, 0.1) is 0 Å². The molecule has 2 aromatic carbocycles. The molecule has 2 aliphatic heterocycles. The minimum absolute atomic E-state index is 0.233. The van der Waals surface area contributed by atoms with E-state index in [0.29, 0.717) is 17.3 Å². The Morgan fingerprint density at radius 2 is 1.68 bits per heavy atom. The molecule has 94 valence electrons. The summed E-state index contributed by atoms with van der Waals surface area (Å²) in [6.45, 7) is 0.233. The van der Waals surface area contributed by atoms with Crippen molar-refractivity contribution >= 4 is 11.8 Å². The molecule has 0 spiro atoms. The lowest BCUT2D eigenvalue weighted by Crippen LogP contribution is -2.04. The average Bonchev–Trinajstić information content (AvgIpc) is 2.95. The fraction of sp³-hybridized carbons (Fsp3) is 0.0667. The molecule has 4 heteroatoms. The molecule has 2 aliphatic rings. The second-order valence-corrected chi connectivity index (χ2v) is 4.25. The summed E-state index contributed by atoms with van der Waals surface area (Å²) in [5.74, 6) is 2.73. The Hall–Kier alpha value is -2.62. The second-order valence-electron chi connectivity index (χ2n) is 4.25. The van der Waals surface area contributed by atoms with E-state index in [1.54, 1.807) is 0 Å². The zero-order chi connectivity index (χ0) is 12.7. The van der Waals surface area contributed by atoms with Gasteiger partial charge in [0.15, 0.2) is 23.0 Å². The third-order valence-corrected chi connectivity index (χ3v) is 3.09. The van der Waals surface area contributed by atoms with Crippen LogP contribution in [0.1, 0.15) is 11.1 Å². The topological polar surface area (TPSA) is 36.9 Å². The van der Waals surface area contributed by atoms with Gasteiger partial charge >= 0.3 is 0 Å². The molecule has 2 heterocycles. The summed E-state index contributed by atoms with van der Waals surface area (Å²) in [6.07, 6.45) is 1.93. The van der Waals surface area contributed by atoms with E-state index in [0.717, 1.165) is 16.9 Å². The standard InChI is InChI=1S/C15H10O4/c1-2-6-12-10(4-1)8-14(19-18-12)11-5-3-7-13-15(11)17-9-16-13/h1-8H,9H2. The first-order valence-electron chi connectivity index (χ1n) is 5.96. The van der Waals surface area contributed by atoms with Gasteiger partial charge in [-0.3, -0.25) is 9.78 Å². The van der Waals surface area contributed by atoms with Crippen molar-refractivity contribution in [1.29, 1.82) is 0 Å². The highest BCUT2D eigenvalue weighted by molar-refractivity contribution is 5.83. The largest absolute Gasteiger partial charge is 0.454 e. The van der Waals surface area contributed by atoms with E-state index in [4.69, 9.17) is 19.2 Å². The molecule has 0 saturated carbocycles. The summed E-state index contributed by atoms with van der Waals surface area (Å²) >= 11 is 0. The maximum absolute atomic E-state index is 5.47. The molecule has 2 aromatic rings. The average molecular weight is 254 g/mol. The molecule has 0 aliphatic carbocycles. The Balaban J connectivity index is 1.83. The molecule has 0 amide bonds. The van der Waals surface area contributed by atoms with E-state index in [1.165, 1.54) is 0 Å². The van der Waals surface area contributed by atoms with Crippen LogP contribution in [0.15, 0.2) is 42.5 Å². The van der Waals surface area contributed by atoms with Gasteiger partial charge in [-0.25, -0.2) is 0 Å². The van der Waals surface area contributed by atoms with Gasteiger partial charge in [-0.2, -0.15) is 0 Å². The van der Waals surface area contributed by atoms with E-state index in [1.807, 2.05) is 48.5 Å². The predicted molar refractivity (Wildman–Crippen MR) is 68.6 cm³/mol. The third-order valence-electron chi connectivity index (χ3n) is 3.09. The summed E-state index contributed by atoms with van der Waals surface area (Å²) in [5, 5.41) is 0. The van der Waals surface area contributed by atoms with Gasteiger partial charge < -0.3 is 9.47 Å². The molecular weight excluding hydrogens is 244 g/mol. The molecule has 0 radical (unpaired) electrons. The van der Waals surface area contributed by atoms with Crippen molar-refractivity contribution in [3.05, 3.63) is 53.6 Å². The first kappa shape index (κ1) is 10.3. The van der Waals surface area contributed by atoms with E-state index < -0.39 is 0 Å². The number of hydrogen-bond acceptors (Lipinski definition) is 4. The Labute approximate surface area is 109 Å². The van der Waals surface area contributed by atoms with Crippen molar-refractivity contribution in [2.24, 2.45) is 0 Å². The monoisotopic (exact) mass is 254 g/mol. The highest BCUT2D eigenvalue weighted by Gasteiger charge is 2.23. The summed E-state index contributed by atoms with van der Waals surface area (Å²) in [7, 11) is 0. The van der Waals surface area contributed by atoms with Gasteiger partial charge in [0, 0.05) is 5.56 Å². The number of fused-ring (bicyclic) bond motifs is 2. The molecule has 4 nitrogen and oxygen atoms in total. The SMILES string of the molecule is C1=C(c2cccc3c2OCO3)OOc2ccccc21. The van der Waals surface area contributed by atoms with Crippen molar-refractivity contribution in [2.45, 2.75) is 0 Å². The predicted octanol–water partition coefficient (Wildman–Crippen LogP) is 3.24. The van der Waals surface area contributed by atoms with Gasteiger partial charge in [0.2, 0.25) is 6.79 Å². The zero-order valence-corrected chi connectivity index (χ0v) is 9.96. The third kappa shape index (κ3) is 1.61. The number of ether oxygens (including phenoxy) is 2. The van der Waals surface area contributed by atoms with Gasteiger partial charge in [-0.05, 0) is 24.3 Å². The van der Waals surface area contributed by atoms with Crippen LogP contribution in [0.4, 0.5) is 0 Å².